The molecule has 0 atom stereocenters. The van der Waals surface area contributed by atoms with Crippen LogP contribution in [0.5, 0.6) is 5.75 Å². The van der Waals surface area contributed by atoms with Gasteiger partial charge in [0.2, 0.25) is 5.91 Å². The number of rotatable bonds is 6. The van der Waals surface area contributed by atoms with Gasteiger partial charge in [-0.3, -0.25) is 9.59 Å². The molecule has 1 amide bonds. The summed E-state index contributed by atoms with van der Waals surface area (Å²) in [5.41, 5.74) is 1.47. The largest absolute Gasteiger partial charge is 0.492 e. The van der Waals surface area contributed by atoms with Gasteiger partial charge in [0, 0.05) is 5.56 Å². The third-order valence-corrected chi connectivity index (χ3v) is 4.38. The molecular weight excluding hydrogens is 389 g/mol. The molecule has 0 aliphatic rings. The topological polar surface area (TPSA) is 90.5 Å². The summed E-state index contributed by atoms with van der Waals surface area (Å²) >= 11 is 0. The molecule has 4 aromatic rings. The Morgan fingerprint density at radius 2 is 1.93 bits per heavy atom. The summed E-state index contributed by atoms with van der Waals surface area (Å²) in [7, 11) is 0. The summed E-state index contributed by atoms with van der Waals surface area (Å²) in [5, 5.41) is 11.0. The average Bonchev–Trinajstić information content (AvgIpc) is 3.17. The van der Waals surface area contributed by atoms with Crippen LogP contribution in [0.3, 0.4) is 0 Å². The van der Waals surface area contributed by atoms with E-state index < -0.39 is 11.5 Å². The molecular formula is C21H18FN5O3. The zero-order chi connectivity index (χ0) is 21.1. The predicted molar refractivity (Wildman–Crippen MR) is 109 cm³/mol. The third kappa shape index (κ3) is 3.90. The number of nitrogens with zero attached hydrogens (tertiary/aromatic N) is 4. The number of aromatic nitrogens is 4. The number of nitrogens with one attached hydrogen (secondary N) is 1. The minimum atomic E-state index is -0.466. The second-order valence-corrected chi connectivity index (χ2v) is 6.44. The molecule has 0 bridgehead atoms. The van der Waals surface area contributed by atoms with Gasteiger partial charge in [0.1, 0.15) is 30.0 Å². The van der Waals surface area contributed by atoms with E-state index in [0.717, 1.165) is 4.68 Å². The predicted octanol–water partition coefficient (Wildman–Crippen LogP) is 2.73. The van der Waals surface area contributed by atoms with Crippen LogP contribution in [0.1, 0.15) is 6.92 Å². The van der Waals surface area contributed by atoms with Crippen LogP contribution in [0, 0.1) is 5.82 Å². The highest BCUT2D eigenvalue weighted by atomic mass is 19.1. The van der Waals surface area contributed by atoms with Crippen LogP contribution >= 0.6 is 0 Å². The van der Waals surface area contributed by atoms with Crippen LogP contribution in [0.25, 0.3) is 16.8 Å². The minimum Gasteiger partial charge on any atom is -0.492 e. The summed E-state index contributed by atoms with van der Waals surface area (Å²) < 4.78 is 21.0. The maximum atomic E-state index is 13.1. The zero-order valence-electron chi connectivity index (χ0n) is 16.1. The number of hydrogen-bond acceptors (Lipinski definition) is 5. The Morgan fingerprint density at radius 1 is 1.17 bits per heavy atom. The van der Waals surface area contributed by atoms with Crippen LogP contribution < -0.4 is 15.6 Å². The van der Waals surface area contributed by atoms with Crippen molar-refractivity contribution in [3.05, 3.63) is 77.1 Å². The van der Waals surface area contributed by atoms with Gasteiger partial charge in [0.05, 0.1) is 18.0 Å². The SMILES string of the molecule is CCOc1ccccc1NC(=O)Cn1ncn2nc(-c3ccc(F)cc3)cc2c1=O. The van der Waals surface area contributed by atoms with Gasteiger partial charge in [0.15, 0.2) is 0 Å². The number of amides is 1. The molecule has 2 heterocycles. The van der Waals surface area contributed by atoms with Gasteiger partial charge in [-0.05, 0) is 49.4 Å². The molecule has 9 heteroatoms. The number of ether oxygens (including phenoxy) is 1. The Kier molecular flexibility index (Phi) is 5.25. The number of hydrogen-bond donors (Lipinski definition) is 1. The fraction of sp³-hybridized carbons (Fsp3) is 0.143. The maximum Gasteiger partial charge on any atom is 0.293 e. The van der Waals surface area contributed by atoms with E-state index in [-0.39, 0.29) is 17.9 Å². The van der Waals surface area contributed by atoms with E-state index in [9.17, 15) is 14.0 Å². The smallest absolute Gasteiger partial charge is 0.293 e. The lowest BCUT2D eigenvalue weighted by Crippen LogP contribution is -2.30. The Morgan fingerprint density at radius 3 is 2.70 bits per heavy atom. The van der Waals surface area contributed by atoms with Crippen molar-refractivity contribution in [3.8, 4) is 17.0 Å². The van der Waals surface area contributed by atoms with Gasteiger partial charge in [-0.25, -0.2) is 13.6 Å². The van der Waals surface area contributed by atoms with Crippen molar-refractivity contribution in [3.63, 3.8) is 0 Å². The molecule has 4 rings (SSSR count). The van der Waals surface area contributed by atoms with Crippen molar-refractivity contribution >= 4 is 17.1 Å². The molecule has 0 radical (unpaired) electrons. The lowest BCUT2D eigenvalue weighted by atomic mass is 10.1. The van der Waals surface area contributed by atoms with Gasteiger partial charge in [0.25, 0.3) is 5.56 Å². The number of benzene rings is 2. The summed E-state index contributed by atoms with van der Waals surface area (Å²) in [5.74, 6) is -0.230. The van der Waals surface area contributed by atoms with E-state index in [1.165, 1.54) is 23.0 Å². The first-order valence-electron chi connectivity index (χ1n) is 9.28. The molecule has 0 aliphatic heterocycles. The monoisotopic (exact) mass is 407 g/mol. The maximum absolute atomic E-state index is 13.1. The van der Waals surface area contributed by atoms with Gasteiger partial charge in [-0.1, -0.05) is 12.1 Å². The number of anilines is 1. The summed E-state index contributed by atoms with van der Waals surface area (Å²) in [4.78, 5) is 25.2. The molecule has 2 aromatic carbocycles. The van der Waals surface area contributed by atoms with E-state index in [1.54, 1.807) is 42.5 Å². The molecule has 0 saturated heterocycles. The van der Waals surface area contributed by atoms with Crippen molar-refractivity contribution in [1.29, 1.82) is 0 Å². The Bertz CT molecular complexity index is 1260. The highest BCUT2D eigenvalue weighted by molar-refractivity contribution is 5.92. The van der Waals surface area contributed by atoms with Gasteiger partial charge in [-0.15, -0.1) is 0 Å². The van der Waals surface area contributed by atoms with Crippen LogP contribution in [-0.2, 0) is 11.3 Å². The minimum absolute atomic E-state index is 0.256. The van der Waals surface area contributed by atoms with Crippen molar-refractivity contribution < 1.29 is 13.9 Å². The fourth-order valence-corrected chi connectivity index (χ4v) is 2.99. The van der Waals surface area contributed by atoms with Crippen molar-refractivity contribution in [2.24, 2.45) is 0 Å². The number of carbonyl (C=O) groups is 1. The number of carbonyl (C=O) groups excluding carboxylic acids is 1. The summed E-state index contributed by atoms with van der Waals surface area (Å²) in [6.45, 7) is 2.04. The average molecular weight is 407 g/mol. The molecule has 8 nitrogen and oxygen atoms in total. The van der Waals surface area contributed by atoms with Gasteiger partial charge in [-0.2, -0.15) is 10.2 Å². The number of halogens is 1. The number of fused-ring (bicyclic) bond motifs is 1. The fourth-order valence-electron chi connectivity index (χ4n) is 2.99. The lowest BCUT2D eigenvalue weighted by molar-refractivity contribution is -0.117. The number of para-hydroxylation sites is 2. The van der Waals surface area contributed by atoms with Gasteiger partial charge >= 0.3 is 0 Å². The van der Waals surface area contributed by atoms with E-state index in [0.29, 0.717) is 29.3 Å². The highest BCUT2D eigenvalue weighted by Crippen LogP contribution is 2.23. The van der Waals surface area contributed by atoms with Crippen molar-refractivity contribution in [2.45, 2.75) is 13.5 Å². The first-order valence-corrected chi connectivity index (χ1v) is 9.28. The van der Waals surface area contributed by atoms with E-state index in [4.69, 9.17) is 4.74 Å². The Hall–Kier alpha value is -4.01. The first-order chi connectivity index (χ1) is 14.5. The molecule has 152 valence electrons. The molecule has 30 heavy (non-hydrogen) atoms. The van der Waals surface area contributed by atoms with Crippen molar-refractivity contribution in [2.75, 3.05) is 11.9 Å². The van der Waals surface area contributed by atoms with E-state index in [1.807, 2.05) is 6.92 Å². The molecule has 0 unspecified atom stereocenters. The summed E-state index contributed by atoms with van der Waals surface area (Å²) in [6, 6.07) is 14.4. The zero-order valence-corrected chi connectivity index (χ0v) is 16.1. The normalized spacial score (nSPS) is 10.9. The Labute approximate surface area is 170 Å². The van der Waals surface area contributed by atoms with Crippen LogP contribution in [0.4, 0.5) is 10.1 Å². The third-order valence-electron chi connectivity index (χ3n) is 4.38. The molecule has 0 saturated carbocycles. The second-order valence-electron chi connectivity index (χ2n) is 6.44. The molecule has 0 spiro atoms. The Balaban J connectivity index is 1.57. The highest BCUT2D eigenvalue weighted by Gasteiger charge is 2.13. The van der Waals surface area contributed by atoms with E-state index >= 15 is 0 Å². The van der Waals surface area contributed by atoms with Crippen molar-refractivity contribution in [1.82, 2.24) is 19.4 Å². The molecule has 0 fully saturated rings. The standard InChI is InChI=1S/C21H18FN5O3/c1-2-30-19-6-4-3-5-16(19)24-20(28)12-26-21(29)18-11-17(25-27(18)13-23-26)14-7-9-15(22)10-8-14/h3-11,13H,2,12H2,1H3,(H,24,28). The van der Waals surface area contributed by atoms with Crippen LogP contribution in [0.15, 0.2) is 65.7 Å². The quantitative estimate of drug-likeness (QED) is 0.531. The van der Waals surface area contributed by atoms with Gasteiger partial charge < -0.3 is 10.1 Å². The van der Waals surface area contributed by atoms with Crippen LogP contribution in [0.2, 0.25) is 0 Å². The first kappa shape index (κ1) is 19.3. The van der Waals surface area contributed by atoms with Crippen LogP contribution in [-0.4, -0.2) is 31.9 Å². The second kappa shape index (κ2) is 8.16. The lowest BCUT2D eigenvalue weighted by Gasteiger charge is -2.11. The molecule has 1 N–H and O–H groups in total. The summed E-state index contributed by atoms with van der Waals surface area (Å²) in [6.07, 6.45) is 1.35. The molecule has 2 aromatic heterocycles. The van der Waals surface area contributed by atoms with E-state index in [2.05, 4.69) is 15.5 Å². The molecule has 0 aliphatic carbocycles.